The molecule has 2 rings (SSSR count). The van der Waals surface area contributed by atoms with Gasteiger partial charge in [-0.25, -0.2) is 0 Å². The highest BCUT2D eigenvalue weighted by Crippen LogP contribution is 2.20. The van der Waals surface area contributed by atoms with Crippen LogP contribution in [0.4, 0.5) is 0 Å². The summed E-state index contributed by atoms with van der Waals surface area (Å²) in [5.41, 5.74) is 4.15. The molecular weight excluding hydrogens is 290 g/mol. The molecule has 0 atom stereocenters. The molecule has 1 nitrogen and oxygen atoms in total. The lowest BCUT2D eigenvalue weighted by molar-refractivity contribution is 0.694. The van der Waals surface area contributed by atoms with Crippen LogP contribution in [0.25, 0.3) is 0 Å². The molecule has 0 unspecified atom stereocenters. The molecule has 80 valence electrons. The molecule has 0 saturated carbocycles. The maximum absolute atomic E-state index is 3.47. The first-order chi connectivity index (χ1) is 7.25. The summed E-state index contributed by atoms with van der Waals surface area (Å²) in [6.45, 7) is 4.06. The molecule has 0 saturated heterocycles. The van der Waals surface area contributed by atoms with E-state index < -0.39 is 0 Å². The lowest BCUT2D eigenvalue weighted by Crippen LogP contribution is -2.12. The number of nitrogens with one attached hydrogen (secondary N) is 1. The molecular formula is C11H12BrNS2. The molecule has 0 aliphatic carbocycles. The third-order valence-corrected chi connectivity index (χ3v) is 4.69. The zero-order chi connectivity index (χ0) is 10.7. The van der Waals surface area contributed by atoms with Gasteiger partial charge in [-0.3, -0.25) is 0 Å². The van der Waals surface area contributed by atoms with Gasteiger partial charge >= 0.3 is 0 Å². The van der Waals surface area contributed by atoms with Gasteiger partial charge in [-0.05, 0) is 61.8 Å². The molecule has 0 amide bonds. The molecule has 0 spiro atoms. The first kappa shape index (κ1) is 11.3. The van der Waals surface area contributed by atoms with Gasteiger partial charge in [-0.15, -0.1) is 11.3 Å². The zero-order valence-electron chi connectivity index (χ0n) is 8.42. The average Bonchev–Trinajstić information content (AvgIpc) is 2.77. The van der Waals surface area contributed by atoms with Crippen molar-refractivity contribution in [3.63, 3.8) is 0 Å². The topological polar surface area (TPSA) is 12.0 Å². The summed E-state index contributed by atoms with van der Waals surface area (Å²) >= 11 is 6.97. The molecule has 0 fully saturated rings. The second kappa shape index (κ2) is 5.25. The van der Waals surface area contributed by atoms with Crippen LogP contribution in [0.2, 0.25) is 0 Å². The monoisotopic (exact) mass is 301 g/mol. The van der Waals surface area contributed by atoms with E-state index in [-0.39, 0.29) is 0 Å². The molecule has 2 heterocycles. The van der Waals surface area contributed by atoms with Crippen molar-refractivity contribution in [3.8, 4) is 0 Å². The lowest BCUT2D eigenvalue weighted by atomic mass is 10.2. The Morgan fingerprint density at radius 1 is 1.27 bits per heavy atom. The zero-order valence-corrected chi connectivity index (χ0v) is 11.6. The van der Waals surface area contributed by atoms with Gasteiger partial charge in [0.25, 0.3) is 0 Å². The Bertz CT molecular complexity index is 433. The van der Waals surface area contributed by atoms with Gasteiger partial charge in [0, 0.05) is 13.1 Å². The Kier molecular flexibility index (Phi) is 3.97. The maximum atomic E-state index is 3.47. The van der Waals surface area contributed by atoms with Gasteiger partial charge in [-0.1, -0.05) is 0 Å². The van der Waals surface area contributed by atoms with Crippen molar-refractivity contribution in [2.75, 3.05) is 0 Å². The Balaban J connectivity index is 1.83. The minimum Gasteiger partial charge on any atom is -0.309 e. The van der Waals surface area contributed by atoms with E-state index in [1.54, 1.807) is 22.7 Å². The van der Waals surface area contributed by atoms with E-state index >= 15 is 0 Å². The van der Waals surface area contributed by atoms with E-state index in [0.29, 0.717) is 0 Å². The van der Waals surface area contributed by atoms with Crippen LogP contribution < -0.4 is 5.32 Å². The van der Waals surface area contributed by atoms with Crippen molar-refractivity contribution in [1.82, 2.24) is 5.32 Å². The highest BCUT2D eigenvalue weighted by molar-refractivity contribution is 9.11. The third kappa shape index (κ3) is 3.14. The minimum absolute atomic E-state index is 0.942. The fraction of sp³-hybridized carbons (Fsp3) is 0.273. The predicted molar refractivity (Wildman–Crippen MR) is 71.6 cm³/mol. The standard InChI is InChI=1S/C11H12BrNS2/c1-8-5-14-7-10(8)4-13-3-9-2-11(12)15-6-9/h2,5-7,13H,3-4H2,1H3. The van der Waals surface area contributed by atoms with Crippen LogP contribution in [-0.2, 0) is 13.1 Å². The second-order valence-electron chi connectivity index (χ2n) is 3.44. The molecule has 1 N–H and O–H groups in total. The summed E-state index contributed by atoms with van der Waals surface area (Å²) in [7, 11) is 0. The van der Waals surface area contributed by atoms with Crippen molar-refractivity contribution < 1.29 is 0 Å². The fourth-order valence-electron chi connectivity index (χ4n) is 1.35. The first-order valence-electron chi connectivity index (χ1n) is 4.71. The molecule has 0 radical (unpaired) electrons. The van der Waals surface area contributed by atoms with Crippen LogP contribution in [0.15, 0.2) is 26.0 Å². The number of rotatable bonds is 4. The Labute approximate surface area is 106 Å². The molecule has 15 heavy (non-hydrogen) atoms. The van der Waals surface area contributed by atoms with Gasteiger partial charge in [0.05, 0.1) is 3.79 Å². The largest absolute Gasteiger partial charge is 0.309 e. The van der Waals surface area contributed by atoms with Crippen molar-refractivity contribution in [2.24, 2.45) is 0 Å². The van der Waals surface area contributed by atoms with Crippen molar-refractivity contribution in [2.45, 2.75) is 20.0 Å². The van der Waals surface area contributed by atoms with E-state index in [0.717, 1.165) is 13.1 Å². The van der Waals surface area contributed by atoms with E-state index in [2.05, 4.69) is 50.4 Å². The number of halogens is 1. The smallest absolute Gasteiger partial charge is 0.0701 e. The van der Waals surface area contributed by atoms with Crippen LogP contribution in [0.5, 0.6) is 0 Å². The number of hydrogen-bond acceptors (Lipinski definition) is 3. The summed E-state index contributed by atoms with van der Waals surface area (Å²) in [5, 5.41) is 10.0. The number of thiophene rings is 2. The van der Waals surface area contributed by atoms with E-state index in [1.165, 1.54) is 20.5 Å². The van der Waals surface area contributed by atoms with Crippen molar-refractivity contribution in [3.05, 3.63) is 42.7 Å². The van der Waals surface area contributed by atoms with Crippen LogP contribution in [0.3, 0.4) is 0 Å². The van der Waals surface area contributed by atoms with Gasteiger partial charge in [0.2, 0.25) is 0 Å². The van der Waals surface area contributed by atoms with Gasteiger partial charge in [0.1, 0.15) is 0 Å². The minimum atomic E-state index is 0.942. The molecule has 0 aliphatic rings. The van der Waals surface area contributed by atoms with Gasteiger partial charge in [-0.2, -0.15) is 11.3 Å². The Hall–Kier alpha value is -0.160. The van der Waals surface area contributed by atoms with E-state index in [9.17, 15) is 0 Å². The third-order valence-electron chi connectivity index (χ3n) is 2.23. The quantitative estimate of drug-likeness (QED) is 0.894. The fourth-order valence-corrected chi connectivity index (χ4v) is 3.41. The SMILES string of the molecule is Cc1cscc1CNCc1csc(Br)c1. The first-order valence-corrected chi connectivity index (χ1v) is 7.32. The summed E-state index contributed by atoms with van der Waals surface area (Å²) < 4.78 is 1.20. The van der Waals surface area contributed by atoms with E-state index in [4.69, 9.17) is 0 Å². The summed E-state index contributed by atoms with van der Waals surface area (Å²) in [6.07, 6.45) is 0. The Morgan fingerprint density at radius 2 is 2.13 bits per heavy atom. The lowest BCUT2D eigenvalue weighted by Gasteiger charge is -2.02. The maximum Gasteiger partial charge on any atom is 0.0701 e. The highest BCUT2D eigenvalue weighted by atomic mass is 79.9. The molecule has 0 bridgehead atoms. The van der Waals surface area contributed by atoms with Gasteiger partial charge < -0.3 is 5.32 Å². The van der Waals surface area contributed by atoms with Crippen LogP contribution in [-0.4, -0.2) is 0 Å². The molecule has 2 aromatic heterocycles. The van der Waals surface area contributed by atoms with Crippen LogP contribution in [0.1, 0.15) is 16.7 Å². The molecule has 0 aliphatic heterocycles. The van der Waals surface area contributed by atoms with Crippen LogP contribution >= 0.6 is 38.6 Å². The highest BCUT2D eigenvalue weighted by Gasteiger charge is 2.00. The number of aryl methyl sites for hydroxylation is 1. The summed E-state index contributed by atoms with van der Waals surface area (Å²) in [5.74, 6) is 0. The number of hydrogen-bond donors (Lipinski definition) is 1. The van der Waals surface area contributed by atoms with Gasteiger partial charge in [0.15, 0.2) is 0 Å². The van der Waals surface area contributed by atoms with E-state index in [1.807, 2.05) is 0 Å². The molecule has 4 heteroatoms. The average molecular weight is 302 g/mol. The normalized spacial score (nSPS) is 10.8. The second-order valence-corrected chi connectivity index (χ2v) is 6.48. The predicted octanol–water partition coefficient (Wildman–Crippen LogP) is 4.17. The van der Waals surface area contributed by atoms with Crippen molar-refractivity contribution in [1.29, 1.82) is 0 Å². The Morgan fingerprint density at radius 3 is 2.73 bits per heavy atom. The summed E-state index contributed by atoms with van der Waals surface area (Å²) in [4.78, 5) is 0. The summed E-state index contributed by atoms with van der Waals surface area (Å²) in [6, 6.07) is 2.16. The van der Waals surface area contributed by atoms with Crippen molar-refractivity contribution >= 4 is 38.6 Å². The molecule has 0 aromatic carbocycles. The van der Waals surface area contributed by atoms with Crippen LogP contribution in [0, 0.1) is 6.92 Å². The molecule has 2 aromatic rings.